The van der Waals surface area contributed by atoms with Crippen molar-refractivity contribution in [1.29, 1.82) is 0 Å². The van der Waals surface area contributed by atoms with Crippen molar-refractivity contribution in [2.45, 2.75) is 102 Å². The number of pyridine rings is 1. The fraction of sp³-hybridized carbons (Fsp3) is 0.773. The molecule has 1 aromatic heterocycles. The van der Waals surface area contributed by atoms with Crippen LogP contribution >= 0.6 is 0 Å². The predicted octanol–water partition coefficient (Wildman–Crippen LogP) is 2.46. The van der Waals surface area contributed by atoms with E-state index in [9.17, 15) is 0 Å². The van der Waals surface area contributed by atoms with Crippen LogP contribution in [0.3, 0.4) is 0 Å². The second kappa shape index (κ2) is 9.46. The normalized spacial score (nSPS) is 36.0. The van der Waals surface area contributed by atoms with Gasteiger partial charge in [-0.15, -0.1) is 0 Å². The van der Waals surface area contributed by atoms with Crippen molar-refractivity contribution in [3.8, 4) is 0 Å². The lowest BCUT2D eigenvalue weighted by Crippen LogP contribution is -2.56. The van der Waals surface area contributed by atoms with Gasteiger partial charge in [-0.3, -0.25) is 4.98 Å². The minimum Gasteiger partial charge on any atom is -0.311 e. The first-order valence-electron chi connectivity index (χ1n) is 11.2. The summed E-state index contributed by atoms with van der Waals surface area (Å²) >= 11 is 0. The van der Waals surface area contributed by atoms with Gasteiger partial charge in [-0.1, -0.05) is 31.7 Å². The van der Waals surface area contributed by atoms with E-state index in [0.717, 1.165) is 19.6 Å². The highest BCUT2D eigenvalue weighted by atomic mass is 15.1. The number of hydrogen-bond acceptors (Lipinski definition) is 5. The Morgan fingerprint density at radius 1 is 0.741 bits per heavy atom. The highest BCUT2D eigenvalue weighted by Gasteiger charge is 2.28. The third kappa shape index (κ3) is 5.29. The van der Waals surface area contributed by atoms with E-state index in [2.05, 4.69) is 46.4 Å². The van der Waals surface area contributed by atoms with Crippen LogP contribution in [0.4, 0.5) is 0 Å². The van der Waals surface area contributed by atoms with Crippen LogP contribution in [-0.4, -0.2) is 41.7 Å². The molecule has 2 bridgehead atoms. The van der Waals surface area contributed by atoms with Gasteiger partial charge in [-0.25, -0.2) is 0 Å². The van der Waals surface area contributed by atoms with Gasteiger partial charge in [-0.2, -0.15) is 0 Å². The molecule has 0 unspecified atom stereocenters. The Balaban J connectivity index is 1.50. The van der Waals surface area contributed by atoms with Crippen LogP contribution in [0, 0.1) is 0 Å². The second-order valence-electron chi connectivity index (χ2n) is 8.85. The van der Waals surface area contributed by atoms with E-state index in [0.29, 0.717) is 30.2 Å². The molecule has 1 aromatic rings. The monoisotopic (exact) mass is 371 g/mol. The summed E-state index contributed by atoms with van der Waals surface area (Å²) in [5, 5.41) is 15.4. The molecule has 1 aliphatic heterocycles. The number of hydrogen-bond donors (Lipinski definition) is 4. The minimum absolute atomic E-state index is 0.504. The highest BCUT2D eigenvalue weighted by molar-refractivity contribution is 5.12. The molecule has 2 aliphatic carbocycles. The number of nitrogens with one attached hydrogen (secondary N) is 4. The number of aromatic nitrogens is 1. The summed E-state index contributed by atoms with van der Waals surface area (Å²) in [7, 11) is 0. The lowest BCUT2D eigenvalue weighted by Gasteiger charge is -2.37. The summed E-state index contributed by atoms with van der Waals surface area (Å²) in [4.78, 5) is 4.91. The largest absolute Gasteiger partial charge is 0.311 e. The maximum atomic E-state index is 4.91. The van der Waals surface area contributed by atoms with Gasteiger partial charge < -0.3 is 21.3 Å². The second-order valence-corrected chi connectivity index (χ2v) is 8.85. The Labute approximate surface area is 164 Å². The molecule has 5 atom stereocenters. The summed E-state index contributed by atoms with van der Waals surface area (Å²) in [5.41, 5.74) is 2.33. The van der Waals surface area contributed by atoms with Crippen molar-refractivity contribution in [2.75, 3.05) is 6.54 Å². The molecular formula is C22H37N5. The maximum Gasteiger partial charge on any atom is 0.0545 e. The van der Waals surface area contributed by atoms with Crippen molar-refractivity contribution < 1.29 is 0 Å². The highest BCUT2D eigenvalue weighted by Crippen LogP contribution is 2.21. The molecular weight excluding hydrogens is 334 g/mol. The quantitative estimate of drug-likeness (QED) is 0.564. The van der Waals surface area contributed by atoms with Gasteiger partial charge in [0.15, 0.2) is 0 Å². The first-order chi connectivity index (χ1) is 13.3. The first-order valence-corrected chi connectivity index (χ1v) is 11.2. The van der Waals surface area contributed by atoms with Gasteiger partial charge >= 0.3 is 0 Å². The van der Waals surface area contributed by atoms with Gasteiger partial charge in [0.2, 0.25) is 0 Å². The molecule has 150 valence electrons. The number of nitrogens with zero attached hydrogens (tertiary/aromatic N) is 1. The predicted molar refractivity (Wildman–Crippen MR) is 111 cm³/mol. The van der Waals surface area contributed by atoms with E-state index in [1.54, 1.807) is 0 Å². The molecule has 5 nitrogen and oxygen atoms in total. The van der Waals surface area contributed by atoms with Crippen LogP contribution in [0.15, 0.2) is 18.2 Å². The topological polar surface area (TPSA) is 61.0 Å². The average molecular weight is 372 g/mol. The van der Waals surface area contributed by atoms with E-state index in [-0.39, 0.29) is 0 Å². The zero-order valence-corrected chi connectivity index (χ0v) is 16.8. The smallest absolute Gasteiger partial charge is 0.0545 e. The molecule has 0 radical (unpaired) electrons. The van der Waals surface area contributed by atoms with Crippen LogP contribution in [0.25, 0.3) is 0 Å². The van der Waals surface area contributed by atoms with Crippen LogP contribution < -0.4 is 21.3 Å². The Bertz CT molecular complexity index is 592. The molecule has 3 aliphatic rings. The van der Waals surface area contributed by atoms with Gasteiger partial charge in [-0.05, 0) is 44.7 Å². The van der Waals surface area contributed by atoms with Gasteiger partial charge in [0, 0.05) is 49.8 Å². The van der Waals surface area contributed by atoms with Crippen molar-refractivity contribution >= 4 is 0 Å². The Morgan fingerprint density at radius 2 is 1.26 bits per heavy atom. The van der Waals surface area contributed by atoms with E-state index in [4.69, 9.17) is 4.98 Å². The Kier molecular flexibility index (Phi) is 6.77. The summed E-state index contributed by atoms with van der Waals surface area (Å²) in [6, 6.07) is 9.25. The van der Waals surface area contributed by atoms with Gasteiger partial charge in [0.1, 0.15) is 0 Å². The van der Waals surface area contributed by atoms with Crippen molar-refractivity contribution in [3.63, 3.8) is 0 Å². The van der Waals surface area contributed by atoms with Crippen LogP contribution in [0.1, 0.15) is 69.7 Å². The first kappa shape index (κ1) is 19.3. The standard InChI is InChI=1S/C22H37N5/c1-16-13-23-19-9-2-3-10-20(19)24-14-17-7-6-8-18(27-17)15-25-21-11-4-5-12-22(21)26-16/h6-8,16,19-26H,2-5,9-15H2,1H3/t16-,19-,20-,21-,22-/m1/s1. The van der Waals surface area contributed by atoms with Gasteiger partial charge in [0.05, 0.1) is 11.4 Å². The average Bonchev–Trinajstić information content (AvgIpc) is 2.71. The van der Waals surface area contributed by atoms with Crippen molar-refractivity contribution in [2.24, 2.45) is 0 Å². The summed E-state index contributed by atoms with van der Waals surface area (Å²) in [5.74, 6) is 0. The molecule has 5 heteroatoms. The third-order valence-corrected chi connectivity index (χ3v) is 6.67. The molecule has 0 spiro atoms. The third-order valence-electron chi connectivity index (χ3n) is 6.67. The summed E-state index contributed by atoms with van der Waals surface area (Å²) < 4.78 is 0. The molecule has 2 heterocycles. The van der Waals surface area contributed by atoms with Gasteiger partial charge in [0.25, 0.3) is 0 Å². The zero-order valence-electron chi connectivity index (χ0n) is 16.8. The van der Waals surface area contributed by atoms with Crippen molar-refractivity contribution in [3.05, 3.63) is 29.6 Å². The SMILES string of the molecule is C[C@@H]1CN[C@@H]2CCCC[C@H]2NCc2cccc(n2)CN[C@@H]2CCCC[C@H]2N1. The number of rotatable bonds is 0. The summed E-state index contributed by atoms with van der Waals surface area (Å²) in [6.45, 7) is 5.14. The van der Waals surface area contributed by atoms with E-state index < -0.39 is 0 Å². The molecule has 4 rings (SSSR count). The minimum atomic E-state index is 0.504. The molecule has 0 aromatic carbocycles. The lowest BCUT2D eigenvalue weighted by molar-refractivity contribution is 0.246. The molecule has 2 fully saturated rings. The Hall–Kier alpha value is -1.01. The van der Waals surface area contributed by atoms with E-state index >= 15 is 0 Å². The van der Waals surface area contributed by atoms with Crippen LogP contribution in [0.2, 0.25) is 0 Å². The van der Waals surface area contributed by atoms with Crippen LogP contribution in [0.5, 0.6) is 0 Å². The van der Waals surface area contributed by atoms with E-state index in [1.165, 1.54) is 62.8 Å². The molecule has 27 heavy (non-hydrogen) atoms. The fourth-order valence-electron chi connectivity index (χ4n) is 5.14. The molecule has 0 saturated heterocycles. The summed E-state index contributed by atoms with van der Waals surface area (Å²) in [6.07, 6.45) is 10.5. The van der Waals surface area contributed by atoms with Crippen LogP contribution in [-0.2, 0) is 13.1 Å². The van der Waals surface area contributed by atoms with Crippen molar-refractivity contribution in [1.82, 2.24) is 26.3 Å². The molecule has 2 saturated carbocycles. The van der Waals surface area contributed by atoms with E-state index in [1.807, 2.05) is 0 Å². The molecule has 0 amide bonds. The maximum absolute atomic E-state index is 4.91. The molecule has 4 N–H and O–H groups in total. The number of fused-ring (bicyclic) bond motifs is 4. The Morgan fingerprint density at radius 3 is 1.89 bits per heavy atom. The lowest BCUT2D eigenvalue weighted by atomic mass is 9.89. The zero-order chi connectivity index (χ0) is 18.5. The fourth-order valence-corrected chi connectivity index (χ4v) is 5.14.